The Kier molecular flexibility index (Phi) is 1.80. The highest BCUT2D eigenvalue weighted by Crippen LogP contribution is 2.61. The van der Waals surface area contributed by atoms with Gasteiger partial charge in [-0.05, 0) is 41.7 Å². The molecule has 1 fully saturated rings. The van der Waals surface area contributed by atoms with Crippen LogP contribution in [-0.4, -0.2) is 11.1 Å². The van der Waals surface area contributed by atoms with Crippen LogP contribution in [0.4, 0.5) is 0 Å². The molecule has 1 aromatic heterocycles. The van der Waals surface area contributed by atoms with Crippen LogP contribution in [0.1, 0.15) is 17.0 Å². The van der Waals surface area contributed by atoms with E-state index in [1.54, 1.807) is 6.26 Å². The molecular formula is C15H12O3. The fraction of sp³-hybridized carbons (Fsp3) is 0.267. The van der Waals surface area contributed by atoms with Crippen molar-refractivity contribution in [1.82, 2.24) is 0 Å². The molecule has 0 radical (unpaired) electrons. The van der Waals surface area contributed by atoms with Crippen LogP contribution in [0.3, 0.4) is 0 Å². The molecule has 3 heteroatoms. The van der Waals surface area contributed by atoms with Crippen molar-refractivity contribution in [3.05, 3.63) is 47.7 Å². The van der Waals surface area contributed by atoms with Gasteiger partial charge in [0.2, 0.25) is 0 Å². The first-order valence-corrected chi connectivity index (χ1v) is 6.15. The molecule has 1 heterocycles. The lowest BCUT2D eigenvalue weighted by atomic mass is 9.99. The molecule has 0 saturated heterocycles. The van der Waals surface area contributed by atoms with E-state index in [1.165, 1.54) is 11.1 Å². The maximum absolute atomic E-state index is 11.0. The molecule has 1 aromatic carbocycles. The minimum absolute atomic E-state index is 0.146. The van der Waals surface area contributed by atoms with Gasteiger partial charge >= 0.3 is 5.97 Å². The second kappa shape index (κ2) is 3.25. The number of furan rings is 1. The number of carboxylic acid groups (broad SMARTS) is 1. The third-order valence-corrected chi connectivity index (χ3v) is 4.22. The molecule has 1 N–H and O–H groups in total. The van der Waals surface area contributed by atoms with Crippen molar-refractivity contribution in [3.8, 4) is 11.3 Å². The van der Waals surface area contributed by atoms with E-state index in [0.29, 0.717) is 5.92 Å². The lowest BCUT2D eigenvalue weighted by molar-refractivity contribution is -0.139. The minimum Gasteiger partial charge on any atom is -0.481 e. The van der Waals surface area contributed by atoms with E-state index in [1.807, 2.05) is 18.2 Å². The van der Waals surface area contributed by atoms with E-state index >= 15 is 0 Å². The summed E-state index contributed by atoms with van der Waals surface area (Å²) in [5, 5.41) is 9.07. The van der Waals surface area contributed by atoms with Crippen LogP contribution in [0.2, 0.25) is 0 Å². The monoisotopic (exact) mass is 240 g/mol. The highest BCUT2D eigenvalue weighted by Gasteiger charge is 2.59. The van der Waals surface area contributed by atoms with Gasteiger partial charge in [0.05, 0.1) is 12.2 Å². The van der Waals surface area contributed by atoms with Crippen molar-refractivity contribution in [2.24, 2.45) is 11.8 Å². The predicted molar refractivity (Wildman–Crippen MR) is 65.2 cm³/mol. The van der Waals surface area contributed by atoms with Gasteiger partial charge in [0.1, 0.15) is 5.76 Å². The number of carbonyl (C=O) groups is 1. The summed E-state index contributed by atoms with van der Waals surface area (Å²) in [6, 6.07) is 10.1. The van der Waals surface area contributed by atoms with Crippen LogP contribution in [0, 0.1) is 11.8 Å². The Hall–Kier alpha value is -2.03. The van der Waals surface area contributed by atoms with Gasteiger partial charge < -0.3 is 9.52 Å². The van der Waals surface area contributed by atoms with Crippen LogP contribution >= 0.6 is 0 Å². The van der Waals surface area contributed by atoms with E-state index < -0.39 is 5.97 Å². The van der Waals surface area contributed by atoms with Gasteiger partial charge in [0.25, 0.3) is 0 Å². The third kappa shape index (κ3) is 1.22. The van der Waals surface area contributed by atoms with Gasteiger partial charge in [-0.3, -0.25) is 4.79 Å². The van der Waals surface area contributed by atoms with Crippen LogP contribution in [-0.2, 0) is 11.2 Å². The summed E-state index contributed by atoms with van der Waals surface area (Å²) >= 11 is 0. The number of carboxylic acids is 1. The molecule has 2 aliphatic rings. The van der Waals surface area contributed by atoms with Crippen molar-refractivity contribution >= 4 is 5.97 Å². The number of fused-ring (bicyclic) bond motifs is 3. The van der Waals surface area contributed by atoms with E-state index in [2.05, 4.69) is 12.1 Å². The Morgan fingerprint density at radius 2 is 2.22 bits per heavy atom. The summed E-state index contributed by atoms with van der Waals surface area (Å²) < 4.78 is 5.38. The molecule has 3 atom stereocenters. The summed E-state index contributed by atoms with van der Waals surface area (Å²) in [6.45, 7) is 0. The van der Waals surface area contributed by atoms with Gasteiger partial charge in [-0.1, -0.05) is 12.1 Å². The van der Waals surface area contributed by atoms with Crippen LogP contribution in [0.5, 0.6) is 0 Å². The third-order valence-electron chi connectivity index (χ3n) is 4.22. The Bertz CT molecular complexity index is 627. The zero-order valence-electron chi connectivity index (χ0n) is 9.67. The number of hydrogen-bond acceptors (Lipinski definition) is 2. The summed E-state index contributed by atoms with van der Waals surface area (Å²) in [5.74, 6) is 0.651. The number of benzene rings is 1. The molecule has 3 nitrogen and oxygen atoms in total. The first-order valence-electron chi connectivity index (χ1n) is 6.15. The van der Waals surface area contributed by atoms with Crippen LogP contribution in [0.15, 0.2) is 41.0 Å². The Morgan fingerprint density at radius 1 is 1.33 bits per heavy atom. The van der Waals surface area contributed by atoms with Gasteiger partial charge in [-0.2, -0.15) is 0 Å². The molecule has 4 rings (SSSR count). The largest absolute Gasteiger partial charge is 0.481 e. The average molecular weight is 240 g/mol. The van der Waals surface area contributed by atoms with Crippen molar-refractivity contribution in [2.75, 3.05) is 0 Å². The van der Waals surface area contributed by atoms with Crippen molar-refractivity contribution in [1.29, 1.82) is 0 Å². The highest BCUT2D eigenvalue weighted by molar-refractivity contribution is 5.78. The quantitative estimate of drug-likeness (QED) is 0.878. The van der Waals surface area contributed by atoms with Gasteiger partial charge in [0, 0.05) is 11.5 Å². The minimum atomic E-state index is -0.647. The Morgan fingerprint density at radius 3 is 2.94 bits per heavy atom. The normalized spacial score (nSPS) is 27.7. The van der Waals surface area contributed by atoms with E-state index in [-0.39, 0.29) is 11.8 Å². The van der Waals surface area contributed by atoms with E-state index in [0.717, 1.165) is 17.7 Å². The summed E-state index contributed by atoms with van der Waals surface area (Å²) in [4.78, 5) is 11.0. The van der Waals surface area contributed by atoms with Crippen molar-refractivity contribution in [2.45, 2.75) is 12.3 Å². The zero-order chi connectivity index (χ0) is 12.3. The maximum Gasteiger partial charge on any atom is 0.307 e. The molecule has 0 spiro atoms. The molecule has 0 amide bonds. The molecule has 0 aliphatic heterocycles. The smallest absolute Gasteiger partial charge is 0.307 e. The van der Waals surface area contributed by atoms with Gasteiger partial charge in [-0.25, -0.2) is 0 Å². The van der Waals surface area contributed by atoms with Gasteiger partial charge in [-0.15, -0.1) is 0 Å². The molecule has 90 valence electrons. The molecule has 2 aromatic rings. The molecular weight excluding hydrogens is 228 g/mol. The Labute approximate surface area is 104 Å². The SMILES string of the molecule is O=C(O)[C@@H]1[C@H]2Cc3cc(-c4ccco4)ccc3[C@H]21. The van der Waals surface area contributed by atoms with E-state index in [9.17, 15) is 4.79 Å². The molecule has 0 bridgehead atoms. The molecule has 1 saturated carbocycles. The molecule has 2 aliphatic carbocycles. The topological polar surface area (TPSA) is 50.4 Å². The number of hydrogen-bond donors (Lipinski definition) is 1. The highest BCUT2D eigenvalue weighted by atomic mass is 16.4. The first-order chi connectivity index (χ1) is 8.75. The maximum atomic E-state index is 11.0. The first kappa shape index (κ1) is 9.95. The van der Waals surface area contributed by atoms with Crippen LogP contribution < -0.4 is 0 Å². The zero-order valence-corrected chi connectivity index (χ0v) is 9.67. The van der Waals surface area contributed by atoms with Crippen molar-refractivity contribution in [3.63, 3.8) is 0 Å². The standard InChI is InChI=1S/C15H12O3/c16-15(17)14-11-7-9-6-8(12-2-1-5-18-12)3-4-10(9)13(11)14/h1-6,11,13-14H,7H2,(H,16,17)/t11-,13+,14+/m0/s1. The fourth-order valence-electron chi connectivity index (χ4n) is 3.35. The second-order valence-corrected chi connectivity index (χ2v) is 5.15. The van der Waals surface area contributed by atoms with Crippen molar-refractivity contribution < 1.29 is 14.3 Å². The lowest BCUT2D eigenvalue weighted by Crippen LogP contribution is -2.05. The Balaban J connectivity index is 1.71. The summed E-state index contributed by atoms with van der Waals surface area (Å²) in [7, 11) is 0. The molecule has 0 unspecified atom stereocenters. The lowest BCUT2D eigenvalue weighted by Gasteiger charge is -2.07. The van der Waals surface area contributed by atoms with E-state index in [4.69, 9.17) is 9.52 Å². The van der Waals surface area contributed by atoms with Gasteiger partial charge in [0.15, 0.2) is 0 Å². The molecule has 18 heavy (non-hydrogen) atoms. The average Bonchev–Trinajstić information content (AvgIpc) is 2.79. The fourth-order valence-corrected chi connectivity index (χ4v) is 3.35. The number of rotatable bonds is 2. The second-order valence-electron chi connectivity index (χ2n) is 5.15. The van der Waals surface area contributed by atoms with Crippen LogP contribution in [0.25, 0.3) is 11.3 Å². The summed E-state index contributed by atoms with van der Waals surface area (Å²) in [6.07, 6.45) is 2.56. The number of aliphatic carboxylic acids is 1. The predicted octanol–water partition coefficient (Wildman–Crippen LogP) is 2.92. The summed E-state index contributed by atoms with van der Waals surface area (Å²) in [5.41, 5.74) is 3.59.